The van der Waals surface area contributed by atoms with Gasteiger partial charge >= 0.3 is 5.97 Å². The Morgan fingerprint density at radius 2 is 2.05 bits per heavy atom. The topological polar surface area (TPSA) is 127 Å². The maximum absolute atomic E-state index is 11.7. The van der Waals surface area contributed by atoms with Gasteiger partial charge in [-0.05, 0) is 19.4 Å². The van der Waals surface area contributed by atoms with Crippen molar-refractivity contribution in [3.63, 3.8) is 0 Å². The van der Waals surface area contributed by atoms with Gasteiger partial charge < -0.3 is 5.11 Å². The molecule has 0 spiro atoms. The zero-order chi connectivity index (χ0) is 14.8. The summed E-state index contributed by atoms with van der Waals surface area (Å²) in [5.41, 5.74) is 0.153. The number of non-ortho nitro benzene ring substituents is 1. The average Bonchev–Trinajstić information content (AvgIpc) is 2.30. The van der Waals surface area contributed by atoms with E-state index in [1.807, 2.05) is 4.72 Å². The van der Waals surface area contributed by atoms with Crippen molar-refractivity contribution in [2.24, 2.45) is 0 Å². The van der Waals surface area contributed by atoms with Gasteiger partial charge in [-0.3, -0.25) is 19.6 Å². The summed E-state index contributed by atoms with van der Waals surface area (Å²) in [5, 5.41) is 17.6. The van der Waals surface area contributed by atoms with E-state index in [9.17, 15) is 23.3 Å². The van der Waals surface area contributed by atoms with Crippen molar-refractivity contribution >= 4 is 27.4 Å². The van der Waals surface area contributed by atoms with Gasteiger partial charge in [0.25, 0.3) is 5.69 Å². The highest BCUT2D eigenvalue weighted by atomic mass is 32.2. The van der Waals surface area contributed by atoms with E-state index in [0.29, 0.717) is 5.56 Å². The normalized spacial score (nSPS) is 12.7. The number of nitro groups is 1. The Bertz CT molecular complexity index is 625. The van der Waals surface area contributed by atoms with Crippen LogP contribution in [0.25, 0.3) is 0 Å². The monoisotopic (exact) mass is 288 g/mol. The van der Waals surface area contributed by atoms with Crippen LogP contribution in [0.15, 0.2) is 18.2 Å². The number of sulfonamides is 1. The van der Waals surface area contributed by atoms with Gasteiger partial charge in [0.1, 0.15) is 0 Å². The van der Waals surface area contributed by atoms with Crippen LogP contribution in [0.4, 0.5) is 11.4 Å². The number of aryl methyl sites for hydroxylation is 1. The summed E-state index contributed by atoms with van der Waals surface area (Å²) in [6.07, 6.45) is 0. The molecule has 0 heterocycles. The van der Waals surface area contributed by atoms with Crippen LogP contribution in [0.5, 0.6) is 0 Å². The summed E-state index contributed by atoms with van der Waals surface area (Å²) in [6.45, 7) is 2.56. The molecular formula is C10H12N2O6S. The lowest BCUT2D eigenvalue weighted by Gasteiger charge is -2.12. The quantitative estimate of drug-likeness (QED) is 0.617. The number of hydrogen-bond acceptors (Lipinski definition) is 5. The lowest BCUT2D eigenvalue weighted by Crippen LogP contribution is -2.32. The molecule has 0 aliphatic carbocycles. The molecule has 8 nitrogen and oxygen atoms in total. The molecule has 1 atom stereocenters. The smallest absolute Gasteiger partial charge is 0.323 e. The first-order valence-electron chi connectivity index (χ1n) is 5.14. The molecule has 0 aliphatic heterocycles. The van der Waals surface area contributed by atoms with Crippen molar-refractivity contribution < 1.29 is 23.2 Å². The molecule has 0 saturated heterocycles. The molecule has 104 valence electrons. The van der Waals surface area contributed by atoms with Crippen molar-refractivity contribution in [2.75, 3.05) is 4.72 Å². The number of anilines is 1. The van der Waals surface area contributed by atoms with E-state index in [1.165, 1.54) is 12.1 Å². The lowest BCUT2D eigenvalue weighted by atomic mass is 10.2. The number of carboxylic acids is 1. The number of nitrogens with one attached hydrogen (secondary N) is 1. The fourth-order valence-electron chi connectivity index (χ4n) is 1.21. The third kappa shape index (κ3) is 3.41. The number of nitrogens with zero attached hydrogens (tertiary/aromatic N) is 1. The Morgan fingerprint density at radius 1 is 1.47 bits per heavy atom. The molecule has 1 unspecified atom stereocenters. The number of nitro benzene ring substituents is 1. The summed E-state index contributed by atoms with van der Waals surface area (Å²) in [4.78, 5) is 20.6. The number of hydrogen-bond donors (Lipinski definition) is 2. The number of aliphatic carboxylic acids is 1. The molecule has 1 aromatic carbocycles. The van der Waals surface area contributed by atoms with Crippen LogP contribution in [0.3, 0.4) is 0 Å². The summed E-state index contributed by atoms with van der Waals surface area (Å²) < 4.78 is 25.5. The Morgan fingerprint density at radius 3 is 2.53 bits per heavy atom. The third-order valence-electron chi connectivity index (χ3n) is 2.50. The number of rotatable bonds is 5. The van der Waals surface area contributed by atoms with Crippen LogP contribution in [0.2, 0.25) is 0 Å². The van der Waals surface area contributed by atoms with Crippen molar-refractivity contribution in [2.45, 2.75) is 19.1 Å². The van der Waals surface area contributed by atoms with Gasteiger partial charge in [0, 0.05) is 12.1 Å². The molecule has 9 heteroatoms. The first-order valence-corrected chi connectivity index (χ1v) is 6.69. The summed E-state index contributed by atoms with van der Waals surface area (Å²) in [6, 6.07) is 3.65. The Labute approximate surface area is 109 Å². The maximum Gasteiger partial charge on any atom is 0.323 e. The second-order valence-electron chi connectivity index (χ2n) is 3.88. The highest BCUT2D eigenvalue weighted by Crippen LogP contribution is 2.23. The van der Waals surface area contributed by atoms with Gasteiger partial charge in [-0.25, -0.2) is 8.42 Å². The predicted octanol–water partition coefficient (Wildman–Crippen LogP) is 1.12. The fraction of sp³-hybridized carbons (Fsp3) is 0.300. The van der Waals surface area contributed by atoms with Gasteiger partial charge in [-0.2, -0.15) is 0 Å². The molecule has 0 radical (unpaired) electrons. The molecule has 1 aromatic rings. The zero-order valence-electron chi connectivity index (χ0n) is 10.2. The van der Waals surface area contributed by atoms with E-state index in [4.69, 9.17) is 5.11 Å². The second kappa shape index (κ2) is 5.22. The molecular weight excluding hydrogens is 276 g/mol. The average molecular weight is 288 g/mol. The Balaban J connectivity index is 3.15. The molecule has 0 saturated carbocycles. The highest BCUT2D eigenvalue weighted by Gasteiger charge is 2.28. The van der Waals surface area contributed by atoms with Crippen LogP contribution in [-0.4, -0.2) is 29.7 Å². The molecule has 19 heavy (non-hydrogen) atoms. The minimum Gasteiger partial charge on any atom is -0.480 e. The number of carbonyl (C=O) groups is 1. The van der Waals surface area contributed by atoms with Gasteiger partial charge in [0.2, 0.25) is 10.0 Å². The molecule has 0 aromatic heterocycles. The highest BCUT2D eigenvalue weighted by molar-refractivity contribution is 7.94. The first-order chi connectivity index (χ1) is 8.65. The van der Waals surface area contributed by atoms with Crippen LogP contribution < -0.4 is 4.72 Å². The van der Waals surface area contributed by atoms with Gasteiger partial charge in [-0.15, -0.1) is 0 Å². The Hall–Kier alpha value is -2.16. The zero-order valence-corrected chi connectivity index (χ0v) is 11.0. The van der Waals surface area contributed by atoms with E-state index in [0.717, 1.165) is 13.0 Å². The third-order valence-corrected chi connectivity index (χ3v) is 4.13. The van der Waals surface area contributed by atoms with Crippen LogP contribution >= 0.6 is 0 Å². The first kappa shape index (κ1) is 14.9. The van der Waals surface area contributed by atoms with Gasteiger partial charge in [0.15, 0.2) is 5.25 Å². The molecule has 0 aliphatic rings. The minimum atomic E-state index is -4.15. The van der Waals surface area contributed by atoms with Crippen molar-refractivity contribution in [1.29, 1.82) is 0 Å². The van der Waals surface area contributed by atoms with E-state index < -0.39 is 26.2 Å². The molecule has 0 amide bonds. The molecule has 2 N–H and O–H groups in total. The molecule has 0 fully saturated rings. The summed E-state index contributed by atoms with van der Waals surface area (Å²) in [7, 11) is -4.15. The number of carboxylic acid groups (broad SMARTS) is 1. The molecule has 0 bridgehead atoms. The SMILES string of the molecule is Cc1ccc([N+](=O)[O-])cc1NS(=O)(=O)C(C)C(=O)O. The largest absolute Gasteiger partial charge is 0.480 e. The van der Waals surface area contributed by atoms with E-state index in [-0.39, 0.29) is 11.4 Å². The van der Waals surface area contributed by atoms with E-state index >= 15 is 0 Å². The summed E-state index contributed by atoms with van der Waals surface area (Å²) >= 11 is 0. The predicted molar refractivity (Wildman–Crippen MR) is 67.5 cm³/mol. The van der Waals surface area contributed by atoms with Crippen LogP contribution in [-0.2, 0) is 14.8 Å². The lowest BCUT2D eigenvalue weighted by molar-refractivity contribution is -0.384. The van der Waals surface area contributed by atoms with Gasteiger partial charge in [-0.1, -0.05) is 6.07 Å². The maximum atomic E-state index is 11.7. The summed E-state index contributed by atoms with van der Waals surface area (Å²) in [5.74, 6) is -1.50. The molecule has 1 rings (SSSR count). The van der Waals surface area contributed by atoms with Crippen molar-refractivity contribution in [3.05, 3.63) is 33.9 Å². The standard InChI is InChI=1S/C10H12N2O6S/c1-6-3-4-8(12(15)16)5-9(6)11-19(17,18)7(2)10(13)14/h3-5,7,11H,1-2H3,(H,13,14). The second-order valence-corrected chi connectivity index (χ2v) is 5.89. The van der Waals surface area contributed by atoms with Gasteiger partial charge in [0.05, 0.1) is 10.6 Å². The fourth-order valence-corrected chi connectivity index (χ4v) is 2.18. The van der Waals surface area contributed by atoms with Crippen LogP contribution in [0.1, 0.15) is 12.5 Å². The minimum absolute atomic E-state index is 0.0118. The van der Waals surface area contributed by atoms with Crippen LogP contribution in [0, 0.1) is 17.0 Å². The van der Waals surface area contributed by atoms with Crippen molar-refractivity contribution in [1.82, 2.24) is 0 Å². The van der Waals surface area contributed by atoms with E-state index in [1.54, 1.807) is 6.92 Å². The van der Waals surface area contributed by atoms with E-state index in [2.05, 4.69) is 0 Å². The number of benzene rings is 1. The Kier molecular flexibility index (Phi) is 4.10. The van der Waals surface area contributed by atoms with Crippen molar-refractivity contribution in [3.8, 4) is 0 Å².